The molecule has 3 rings (SSSR count). The molecule has 0 aliphatic rings. The van der Waals surface area contributed by atoms with Crippen molar-refractivity contribution in [3.8, 4) is 28.4 Å². The van der Waals surface area contributed by atoms with Crippen molar-refractivity contribution in [2.45, 2.75) is 76.2 Å². The molecule has 4 N–H and O–H groups in total. The van der Waals surface area contributed by atoms with E-state index in [1.807, 2.05) is 0 Å². The van der Waals surface area contributed by atoms with Crippen LogP contribution in [0.5, 0.6) is 17.2 Å². The number of alkyl halides is 9. The van der Waals surface area contributed by atoms with Gasteiger partial charge in [0.1, 0.15) is 22.8 Å². The van der Waals surface area contributed by atoms with E-state index in [1.54, 1.807) is 0 Å². The van der Waals surface area contributed by atoms with Crippen LogP contribution in [0.3, 0.4) is 0 Å². The van der Waals surface area contributed by atoms with Crippen molar-refractivity contribution in [3.05, 3.63) is 52.9 Å². The molecule has 3 aromatic rings. The van der Waals surface area contributed by atoms with Gasteiger partial charge in [0.2, 0.25) is 0 Å². The van der Waals surface area contributed by atoms with Crippen LogP contribution in [0.15, 0.2) is 51.7 Å². The molecule has 0 fully saturated rings. The van der Waals surface area contributed by atoms with E-state index >= 15 is 0 Å². The van der Waals surface area contributed by atoms with Crippen molar-refractivity contribution >= 4 is 16.9 Å². The Morgan fingerprint density at radius 2 is 1.36 bits per heavy atom. The van der Waals surface area contributed by atoms with Gasteiger partial charge < -0.3 is 34.8 Å². The van der Waals surface area contributed by atoms with Crippen LogP contribution in [-0.2, 0) is 9.53 Å². The van der Waals surface area contributed by atoms with Crippen molar-refractivity contribution in [1.82, 2.24) is 0 Å². The molecular formula is C32H35F9N2O7. The average molecular weight is 731 g/mol. The number of nitrogens with two attached hydrogens (primary N) is 2. The maximum atomic E-state index is 14.7. The minimum Gasteiger partial charge on any atom is -0.497 e. The van der Waals surface area contributed by atoms with Crippen molar-refractivity contribution in [3.63, 3.8) is 0 Å². The minimum absolute atomic E-state index is 0.0110. The van der Waals surface area contributed by atoms with E-state index in [-0.39, 0.29) is 28.7 Å². The molecule has 0 aliphatic heterocycles. The summed E-state index contributed by atoms with van der Waals surface area (Å²) >= 11 is 0. The number of hydrogen-bond donors (Lipinski definition) is 2. The SMILES string of the molecule is COc1ccc(-c2cc3ccc(OCC(F)(F)C(F)(F)C(F)(F)COC(=O)C(C)(CC(C)(C)N)C(C)(C)N)cc3oc2=O)c(OC(F)(F)F)c1. The zero-order chi connectivity index (χ0) is 38.3. The number of fused-ring (bicyclic) bond motifs is 1. The van der Waals surface area contributed by atoms with Crippen LogP contribution in [-0.4, -0.2) is 61.5 Å². The van der Waals surface area contributed by atoms with Crippen LogP contribution in [0.1, 0.15) is 41.0 Å². The lowest BCUT2D eigenvalue weighted by Gasteiger charge is -2.43. The monoisotopic (exact) mass is 730 g/mol. The summed E-state index contributed by atoms with van der Waals surface area (Å²) in [5, 5.41) is 0.0110. The zero-order valence-corrected chi connectivity index (χ0v) is 27.6. The smallest absolute Gasteiger partial charge is 0.497 e. The van der Waals surface area contributed by atoms with Crippen LogP contribution in [0.4, 0.5) is 39.5 Å². The molecule has 1 heterocycles. The Kier molecular flexibility index (Phi) is 10.9. The molecule has 9 nitrogen and oxygen atoms in total. The number of esters is 1. The lowest BCUT2D eigenvalue weighted by Crippen LogP contribution is -2.60. The third kappa shape index (κ3) is 8.75. The Morgan fingerprint density at radius 1 is 0.780 bits per heavy atom. The molecule has 0 saturated carbocycles. The van der Waals surface area contributed by atoms with Crippen LogP contribution >= 0.6 is 0 Å². The predicted octanol–water partition coefficient (Wildman–Crippen LogP) is 7.07. The van der Waals surface area contributed by atoms with Gasteiger partial charge in [-0.25, -0.2) is 4.79 Å². The Morgan fingerprint density at radius 3 is 1.90 bits per heavy atom. The van der Waals surface area contributed by atoms with E-state index < -0.39 is 82.5 Å². The molecule has 1 aromatic heterocycles. The molecule has 0 spiro atoms. The topological polar surface area (TPSA) is 136 Å². The highest BCUT2D eigenvalue weighted by atomic mass is 19.4. The molecule has 2 aromatic carbocycles. The molecule has 0 aliphatic carbocycles. The van der Waals surface area contributed by atoms with E-state index in [0.29, 0.717) is 0 Å². The summed E-state index contributed by atoms with van der Waals surface area (Å²) in [7, 11) is 1.18. The number of rotatable bonds is 14. The van der Waals surface area contributed by atoms with Gasteiger partial charge in [-0.1, -0.05) is 0 Å². The summed E-state index contributed by atoms with van der Waals surface area (Å²) in [6, 6.07) is 7.07. The minimum atomic E-state index is -6.12. The van der Waals surface area contributed by atoms with Gasteiger partial charge in [-0.3, -0.25) is 4.79 Å². The van der Waals surface area contributed by atoms with Crippen LogP contribution in [0.25, 0.3) is 22.1 Å². The Hall–Kier alpha value is -4.19. The second-order valence-corrected chi connectivity index (χ2v) is 13.1. The number of halogens is 9. The van der Waals surface area contributed by atoms with Crippen molar-refractivity contribution < 1.29 is 67.7 Å². The number of methoxy groups -OCH3 is 1. The predicted molar refractivity (Wildman–Crippen MR) is 162 cm³/mol. The molecule has 1 unspecified atom stereocenters. The standard InChI is InChI=1S/C32H35F9N2O7/c1-26(2,42)14-28(5,27(3,4)43)25(45)48-16-30(35,36)31(37,38)29(33,34)15-47-19-8-7-17-11-21(24(44)49-22(17)13-19)20-10-9-18(46-6)12-23(20)50-32(39,40)41/h7-13H,14-16,42-43H2,1-6H3. The van der Waals surface area contributed by atoms with Gasteiger partial charge >= 0.3 is 35.7 Å². The number of ether oxygens (including phenoxy) is 4. The second-order valence-electron chi connectivity index (χ2n) is 13.1. The molecule has 18 heteroatoms. The largest absolute Gasteiger partial charge is 0.573 e. The first-order valence-corrected chi connectivity index (χ1v) is 14.6. The van der Waals surface area contributed by atoms with Crippen molar-refractivity contribution in [2.75, 3.05) is 20.3 Å². The maximum Gasteiger partial charge on any atom is 0.573 e. The molecule has 50 heavy (non-hydrogen) atoms. The van der Waals surface area contributed by atoms with Gasteiger partial charge in [-0.05, 0) is 71.4 Å². The maximum absolute atomic E-state index is 14.7. The van der Waals surface area contributed by atoms with Gasteiger partial charge in [0.25, 0.3) is 0 Å². The van der Waals surface area contributed by atoms with E-state index in [0.717, 1.165) is 36.4 Å². The fourth-order valence-electron chi connectivity index (χ4n) is 4.84. The second kappa shape index (κ2) is 13.5. The summed E-state index contributed by atoms with van der Waals surface area (Å²) in [5.41, 5.74) is 5.24. The van der Waals surface area contributed by atoms with Gasteiger partial charge in [0.05, 0.1) is 18.1 Å². The van der Waals surface area contributed by atoms with E-state index in [1.165, 1.54) is 47.8 Å². The Labute approximate surface area is 279 Å². The molecule has 0 bridgehead atoms. The first-order valence-electron chi connectivity index (χ1n) is 14.6. The van der Waals surface area contributed by atoms with Gasteiger partial charge in [0.15, 0.2) is 13.2 Å². The number of hydrogen-bond acceptors (Lipinski definition) is 9. The van der Waals surface area contributed by atoms with Crippen LogP contribution in [0, 0.1) is 5.41 Å². The Balaban J connectivity index is 1.82. The first kappa shape index (κ1) is 40.2. The number of carbonyl (C=O) groups is 1. The Bertz CT molecular complexity index is 1760. The molecule has 1 atom stereocenters. The van der Waals surface area contributed by atoms with Crippen LogP contribution in [0.2, 0.25) is 0 Å². The molecule has 0 radical (unpaired) electrons. The summed E-state index contributed by atoms with van der Waals surface area (Å²) in [6.45, 7) is 2.15. The molecule has 0 saturated heterocycles. The van der Waals surface area contributed by atoms with Gasteiger partial charge in [0, 0.05) is 34.2 Å². The number of benzene rings is 2. The summed E-state index contributed by atoms with van der Waals surface area (Å²) in [4.78, 5) is 25.6. The van der Waals surface area contributed by atoms with E-state index in [9.17, 15) is 49.1 Å². The first-order chi connectivity index (χ1) is 22.5. The summed E-state index contributed by atoms with van der Waals surface area (Å²) in [6.07, 6.45) is -5.39. The zero-order valence-electron chi connectivity index (χ0n) is 27.6. The highest BCUT2D eigenvalue weighted by molar-refractivity contribution is 5.84. The highest BCUT2D eigenvalue weighted by Crippen LogP contribution is 2.47. The molecule has 0 amide bonds. The number of carbonyl (C=O) groups excluding carboxylic acids is 1. The molecular weight excluding hydrogens is 695 g/mol. The van der Waals surface area contributed by atoms with Crippen molar-refractivity contribution in [2.24, 2.45) is 16.9 Å². The summed E-state index contributed by atoms with van der Waals surface area (Å²) in [5.74, 6) is -20.2. The lowest BCUT2D eigenvalue weighted by molar-refractivity contribution is -0.323. The lowest BCUT2D eigenvalue weighted by atomic mass is 9.67. The van der Waals surface area contributed by atoms with Gasteiger partial charge in [-0.2, -0.15) is 26.3 Å². The van der Waals surface area contributed by atoms with Gasteiger partial charge in [-0.15, -0.1) is 13.2 Å². The highest BCUT2D eigenvalue weighted by Gasteiger charge is 2.72. The van der Waals surface area contributed by atoms with E-state index in [4.69, 9.17) is 20.6 Å². The van der Waals surface area contributed by atoms with E-state index in [2.05, 4.69) is 14.2 Å². The quantitative estimate of drug-likeness (QED) is 0.101. The third-order valence-electron chi connectivity index (χ3n) is 7.82. The van der Waals surface area contributed by atoms with Crippen molar-refractivity contribution in [1.29, 1.82) is 0 Å². The normalized spacial score (nSPS) is 14.7. The fraction of sp³-hybridized carbons (Fsp3) is 0.500. The average Bonchev–Trinajstić information content (AvgIpc) is 2.96. The third-order valence-corrected chi connectivity index (χ3v) is 7.82. The van der Waals surface area contributed by atoms with Crippen LogP contribution < -0.4 is 31.3 Å². The molecule has 278 valence electrons. The fourth-order valence-corrected chi connectivity index (χ4v) is 4.84. The summed E-state index contributed by atoms with van der Waals surface area (Å²) < 4.78 is 150.